The summed E-state index contributed by atoms with van der Waals surface area (Å²) < 4.78 is 15.3. The number of carbonyl (C=O) groups excluding carboxylic acids is 3. The molecule has 0 aliphatic carbocycles. The molecule has 3 amide bonds. The molecule has 0 heterocycles. The van der Waals surface area contributed by atoms with Crippen molar-refractivity contribution in [2.24, 2.45) is 5.73 Å². The highest BCUT2D eigenvalue weighted by Gasteiger charge is 2.19. The van der Waals surface area contributed by atoms with Gasteiger partial charge in [-0.2, -0.15) is 0 Å². The van der Waals surface area contributed by atoms with Crippen molar-refractivity contribution in [1.29, 1.82) is 0 Å². The van der Waals surface area contributed by atoms with Crippen molar-refractivity contribution < 1.29 is 28.6 Å². The third-order valence-corrected chi connectivity index (χ3v) is 2.42. The Balaban J connectivity index is 2.39. The Bertz CT molecular complexity index is 529. The molecule has 0 saturated carbocycles. The van der Waals surface area contributed by atoms with Gasteiger partial charge in [0.1, 0.15) is 11.5 Å². The highest BCUT2D eigenvalue weighted by molar-refractivity contribution is 5.96. The zero-order valence-electron chi connectivity index (χ0n) is 12.3. The monoisotopic (exact) mass is 310 g/mol. The van der Waals surface area contributed by atoms with Crippen LogP contribution in [-0.4, -0.2) is 37.2 Å². The van der Waals surface area contributed by atoms with Crippen molar-refractivity contribution >= 4 is 17.9 Å². The molecule has 8 heteroatoms. The summed E-state index contributed by atoms with van der Waals surface area (Å²) in [5.74, 6) is -0.410. The Hall–Kier alpha value is -2.77. The largest absolute Gasteiger partial charge is 0.494 e. The lowest BCUT2D eigenvalue weighted by Gasteiger charge is -2.12. The van der Waals surface area contributed by atoms with Crippen LogP contribution in [-0.2, 0) is 14.3 Å². The molecule has 0 spiro atoms. The lowest BCUT2D eigenvalue weighted by Crippen LogP contribution is -2.42. The van der Waals surface area contributed by atoms with Gasteiger partial charge in [-0.3, -0.25) is 10.1 Å². The summed E-state index contributed by atoms with van der Waals surface area (Å²) in [6, 6.07) is 5.67. The van der Waals surface area contributed by atoms with Gasteiger partial charge in [0.15, 0.2) is 12.7 Å². The third kappa shape index (κ3) is 6.12. The molecule has 3 N–H and O–H groups in total. The zero-order chi connectivity index (χ0) is 16.5. The molecule has 0 fully saturated rings. The average molecular weight is 310 g/mol. The quantitative estimate of drug-likeness (QED) is 0.712. The van der Waals surface area contributed by atoms with E-state index in [9.17, 15) is 14.4 Å². The van der Waals surface area contributed by atoms with Crippen LogP contribution < -0.4 is 20.5 Å². The lowest BCUT2D eigenvalue weighted by atomic mass is 10.3. The van der Waals surface area contributed by atoms with Crippen LogP contribution in [0.1, 0.15) is 13.8 Å². The molecule has 0 aromatic heterocycles. The second-order valence-electron chi connectivity index (χ2n) is 4.18. The summed E-state index contributed by atoms with van der Waals surface area (Å²) in [7, 11) is 0. The summed E-state index contributed by atoms with van der Waals surface area (Å²) in [6.45, 7) is 3.36. The van der Waals surface area contributed by atoms with E-state index in [1.807, 2.05) is 12.2 Å². The fourth-order valence-electron chi connectivity index (χ4n) is 1.45. The van der Waals surface area contributed by atoms with Gasteiger partial charge in [0.25, 0.3) is 5.91 Å². The molecule has 1 aromatic carbocycles. The number of ether oxygens (including phenoxy) is 3. The molecule has 1 rings (SSSR count). The van der Waals surface area contributed by atoms with Gasteiger partial charge in [0.2, 0.25) is 0 Å². The Morgan fingerprint density at radius 2 is 1.68 bits per heavy atom. The first-order chi connectivity index (χ1) is 10.4. The first kappa shape index (κ1) is 17.3. The predicted octanol–water partition coefficient (Wildman–Crippen LogP) is 0.591. The highest BCUT2D eigenvalue weighted by atomic mass is 16.6. The number of imide groups is 1. The van der Waals surface area contributed by atoms with Crippen LogP contribution in [0.25, 0.3) is 0 Å². The Labute approximate surface area is 127 Å². The summed E-state index contributed by atoms with van der Waals surface area (Å²) in [5, 5.41) is 1.81. The minimum atomic E-state index is -1.15. The molecule has 8 nitrogen and oxygen atoms in total. The molecule has 22 heavy (non-hydrogen) atoms. The fraction of sp³-hybridized carbons (Fsp3) is 0.357. The topological polar surface area (TPSA) is 117 Å². The summed E-state index contributed by atoms with van der Waals surface area (Å²) in [5.41, 5.74) is 4.78. The Morgan fingerprint density at radius 3 is 2.18 bits per heavy atom. The van der Waals surface area contributed by atoms with Crippen molar-refractivity contribution in [3.63, 3.8) is 0 Å². The SMILES string of the molecule is CCOc1ccc(OCC(=O)O[C@@H](C)C(=O)NC(N)=O)cc1. The first-order valence-corrected chi connectivity index (χ1v) is 6.57. The zero-order valence-corrected chi connectivity index (χ0v) is 12.3. The van der Waals surface area contributed by atoms with E-state index in [0.29, 0.717) is 18.1 Å². The third-order valence-electron chi connectivity index (χ3n) is 2.42. The maximum absolute atomic E-state index is 11.5. The standard InChI is InChI=1S/C14H18N2O6/c1-3-20-10-4-6-11(7-5-10)21-8-12(17)22-9(2)13(18)16-14(15)19/h4-7,9H,3,8H2,1-2H3,(H3,15,16,18,19)/t9-/m0/s1. The van der Waals surface area contributed by atoms with Crippen LogP contribution in [0.15, 0.2) is 24.3 Å². The minimum absolute atomic E-state index is 0.373. The Morgan fingerprint density at radius 1 is 1.14 bits per heavy atom. The van der Waals surface area contributed by atoms with E-state index in [2.05, 4.69) is 0 Å². The molecule has 0 aliphatic rings. The van der Waals surface area contributed by atoms with Crippen LogP contribution in [0.2, 0.25) is 0 Å². The molecule has 1 atom stereocenters. The number of esters is 1. The molecule has 0 bridgehead atoms. The number of carbonyl (C=O) groups is 3. The van der Waals surface area contributed by atoms with E-state index in [4.69, 9.17) is 19.9 Å². The number of benzene rings is 1. The predicted molar refractivity (Wildman–Crippen MR) is 76.4 cm³/mol. The number of nitrogens with two attached hydrogens (primary N) is 1. The van der Waals surface area contributed by atoms with Crippen molar-refractivity contribution in [1.82, 2.24) is 5.32 Å². The van der Waals surface area contributed by atoms with Gasteiger partial charge in [-0.1, -0.05) is 0 Å². The molecule has 0 saturated heterocycles. The van der Waals surface area contributed by atoms with E-state index >= 15 is 0 Å². The van der Waals surface area contributed by atoms with Crippen LogP contribution in [0.5, 0.6) is 11.5 Å². The van der Waals surface area contributed by atoms with Gasteiger partial charge in [-0.25, -0.2) is 9.59 Å². The molecule has 120 valence electrons. The molecule has 0 radical (unpaired) electrons. The van der Waals surface area contributed by atoms with Gasteiger partial charge in [0, 0.05) is 0 Å². The highest BCUT2D eigenvalue weighted by Crippen LogP contribution is 2.17. The Kier molecular flexibility index (Phi) is 6.68. The minimum Gasteiger partial charge on any atom is -0.494 e. The smallest absolute Gasteiger partial charge is 0.344 e. The second kappa shape index (κ2) is 8.50. The van der Waals surface area contributed by atoms with Crippen molar-refractivity contribution in [2.75, 3.05) is 13.2 Å². The molecular formula is C14H18N2O6. The number of urea groups is 1. The van der Waals surface area contributed by atoms with Crippen LogP contribution >= 0.6 is 0 Å². The molecule has 1 aromatic rings. The van der Waals surface area contributed by atoms with Gasteiger partial charge in [0.05, 0.1) is 6.61 Å². The lowest BCUT2D eigenvalue weighted by molar-refractivity contribution is -0.156. The van der Waals surface area contributed by atoms with Gasteiger partial charge < -0.3 is 19.9 Å². The van der Waals surface area contributed by atoms with Crippen molar-refractivity contribution in [3.8, 4) is 11.5 Å². The van der Waals surface area contributed by atoms with Crippen LogP contribution in [0.3, 0.4) is 0 Å². The van der Waals surface area contributed by atoms with E-state index in [1.54, 1.807) is 24.3 Å². The number of primary amides is 1. The first-order valence-electron chi connectivity index (χ1n) is 6.57. The van der Waals surface area contributed by atoms with E-state index < -0.39 is 24.0 Å². The fourth-order valence-corrected chi connectivity index (χ4v) is 1.45. The summed E-state index contributed by atoms with van der Waals surface area (Å²) >= 11 is 0. The normalized spacial score (nSPS) is 11.2. The molecule has 0 unspecified atom stereocenters. The van der Waals surface area contributed by atoms with Crippen LogP contribution in [0, 0.1) is 0 Å². The second-order valence-corrected chi connectivity index (χ2v) is 4.18. The number of rotatable bonds is 7. The van der Waals surface area contributed by atoms with E-state index in [1.165, 1.54) is 6.92 Å². The van der Waals surface area contributed by atoms with Gasteiger partial charge in [-0.05, 0) is 38.1 Å². The van der Waals surface area contributed by atoms with Crippen molar-refractivity contribution in [3.05, 3.63) is 24.3 Å². The van der Waals surface area contributed by atoms with Crippen molar-refractivity contribution in [2.45, 2.75) is 20.0 Å². The molecular weight excluding hydrogens is 292 g/mol. The number of nitrogens with one attached hydrogen (secondary N) is 1. The summed E-state index contributed by atoms with van der Waals surface area (Å²) in [6.07, 6.45) is -1.15. The van der Waals surface area contributed by atoms with E-state index in [0.717, 1.165) is 0 Å². The summed E-state index contributed by atoms with van der Waals surface area (Å²) in [4.78, 5) is 33.3. The maximum Gasteiger partial charge on any atom is 0.344 e. The molecule has 0 aliphatic heterocycles. The van der Waals surface area contributed by atoms with Gasteiger partial charge >= 0.3 is 12.0 Å². The van der Waals surface area contributed by atoms with Gasteiger partial charge in [-0.15, -0.1) is 0 Å². The van der Waals surface area contributed by atoms with E-state index in [-0.39, 0.29) is 6.61 Å². The number of hydrogen-bond acceptors (Lipinski definition) is 6. The maximum atomic E-state index is 11.5. The average Bonchev–Trinajstić information content (AvgIpc) is 2.46. The van der Waals surface area contributed by atoms with Crippen LogP contribution in [0.4, 0.5) is 4.79 Å². The number of hydrogen-bond donors (Lipinski definition) is 2. The number of amides is 3.